The van der Waals surface area contributed by atoms with E-state index in [9.17, 15) is 9.59 Å². The van der Waals surface area contributed by atoms with Crippen LogP contribution in [0.5, 0.6) is 0 Å². The Balaban J connectivity index is 3.34. The summed E-state index contributed by atoms with van der Waals surface area (Å²) in [5, 5.41) is 11.1. The summed E-state index contributed by atoms with van der Waals surface area (Å²) in [4.78, 5) is 21.7. The second kappa shape index (κ2) is 10.0. The number of carbonyl (C=O) groups is 2. The van der Waals surface area contributed by atoms with Crippen molar-refractivity contribution in [1.29, 1.82) is 0 Å². The van der Waals surface area contributed by atoms with E-state index in [2.05, 4.69) is 5.32 Å². The van der Waals surface area contributed by atoms with Crippen LogP contribution in [0.1, 0.15) is 19.8 Å². The lowest BCUT2D eigenvalue weighted by Gasteiger charge is -2.08. The molecule has 1 atom stereocenters. The van der Waals surface area contributed by atoms with Crippen LogP contribution in [0.2, 0.25) is 0 Å². The van der Waals surface area contributed by atoms with Crippen LogP contribution in [0.3, 0.4) is 0 Å². The Morgan fingerprint density at radius 1 is 1.24 bits per heavy atom. The van der Waals surface area contributed by atoms with Gasteiger partial charge >= 0.3 is 5.97 Å². The molecule has 1 amide bonds. The lowest BCUT2D eigenvalue weighted by atomic mass is 10.1. The van der Waals surface area contributed by atoms with E-state index in [1.807, 2.05) is 0 Å². The van der Waals surface area contributed by atoms with Crippen molar-refractivity contribution in [2.75, 3.05) is 33.5 Å². The first-order valence-corrected chi connectivity index (χ1v) is 5.66. The fraction of sp³-hybridized carbons (Fsp3) is 0.818. The molecule has 0 aromatic heterocycles. The number of hydrogen-bond donors (Lipinski definition) is 2. The van der Waals surface area contributed by atoms with Crippen molar-refractivity contribution in [2.24, 2.45) is 5.92 Å². The molecular weight excluding hydrogens is 226 g/mol. The van der Waals surface area contributed by atoms with Gasteiger partial charge in [0.05, 0.1) is 13.2 Å². The van der Waals surface area contributed by atoms with Gasteiger partial charge in [-0.15, -0.1) is 0 Å². The molecule has 6 nitrogen and oxygen atoms in total. The van der Waals surface area contributed by atoms with Crippen LogP contribution in [-0.2, 0) is 19.1 Å². The Labute approximate surface area is 101 Å². The summed E-state index contributed by atoms with van der Waals surface area (Å²) in [6.07, 6.45) is 1.59. The minimum atomic E-state index is -1.11. The molecule has 0 aliphatic carbocycles. The van der Waals surface area contributed by atoms with Crippen molar-refractivity contribution in [2.45, 2.75) is 19.8 Å². The van der Waals surface area contributed by atoms with Crippen LogP contribution in [-0.4, -0.2) is 50.5 Å². The summed E-state index contributed by atoms with van der Waals surface area (Å²) in [5.74, 6) is -2.55. The number of carboxylic acids is 1. The maximum absolute atomic E-state index is 11.2. The molecule has 0 spiro atoms. The first-order valence-electron chi connectivity index (χ1n) is 5.66. The van der Waals surface area contributed by atoms with Crippen molar-refractivity contribution in [3.8, 4) is 0 Å². The smallest absolute Gasteiger partial charge is 0.315 e. The number of ether oxygens (including phenoxy) is 2. The minimum Gasteiger partial charge on any atom is -0.481 e. The van der Waals surface area contributed by atoms with Gasteiger partial charge in [0.25, 0.3) is 0 Å². The standard InChI is InChI=1S/C11H21NO5/c1-9(11(14)15)10(13)12-5-3-4-6-17-8-7-16-2/h9H,3-8H2,1-2H3,(H,12,13)(H,14,15). The summed E-state index contributed by atoms with van der Waals surface area (Å²) >= 11 is 0. The molecule has 100 valence electrons. The SMILES string of the molecule is COCCOCCCCNC(=O)C(C)C(=O)O. The highest BCUT2D eigenvalue weighted by atomic mass is 16.5. The van der Waals surface area contributed by atoms with Gasteiger partial charge in [0, 0.05) is 20.3 Å². The number of hydrogen-bond acceptors (Lipinski definition) is 4. The maximum atomic E-state index is 11.2. The van der Waals surface area contributed by atoms with Gasteiger partial charge in [-0.2, -0.15) is 0 Å². The van der Waals surface area contributed by atoms with Gasteiger partial charge in [0.2, 0.25) is 5.91 Å². The quantitative estimate of drug-likeness (QED) is 0.427. The Hall–Kier alpha value is -1.14. The summed E-state index contributed by atoms with van der Waals surface area (Å²) in [6.45, 7) is 3.61. The average Bonchev–Trinajstić information content (AvgIpc) is 2.31. The van der Waals surface area contributed by atoms with E-state index in [1.165, 1.54) is 6.92 Å². The Morgan fingerprint density at radius 2 is 1.94 bits per heavy atom. The molecule has 0 rings (SSSR count). The van der Waals surface area contributed by atoms with E-state index in [0.717, 1.165) is 12.8 Å². The predicted molar refractivity (Wildman–Crippen MR) is 61.7 cm³/mol. The molecule has 0 aliphatic heterocycles. The van der Waals surface area contributed by atoms with Gasteiger partial charge < -0.3 is 19.9 Å². The van der Waals surface area contributed by atoms with Gasteiger partial charge in [-0.05, 0) is 19.8 Å². The molecule has 0 bridgehead atoms. The predicted octanol–water partition coefficient (Wildman–Crippen LogP) is 0.267. The third kappa shape index (κ3) is 8.65. The lowest BCUT2D eigenvalue weighted by Crippen LogP contribution is -2.34. The number of nitrogens with one attached hydrogen (secondary N) is 1. The second-order valence-corrected chi connectivity index (χ2v) is 3.66. The topological polar surface area (TPSA) is 84.9 Å². The van der Waals surface area contributed by atoms with Crippen LogP contribution in [0.25, 0.3) is 0 Å². The van der Waals surface area contributed by atoms with Crippen LogP contribution >= 0.6 is 0 Å². The van der Waals surface area contributed by atoms with Gasteiger partial charge in [0.1, 0.15) is 5.92 Å². The largest absolute Gasteiger partial charge is 0.481 e. The summed E-state index contributed by atoms with van der Waals surface area (Å²) in [5.41, 5.74) is 0. The minimum absolute atomic E-state index is 0.446. The van der Waals surface area contributed by atoms with Gasteiger partial charge in [-0.1, -0.05) is 0 Å². The van der Waals surface area contributed by atoms with E-state index >= 15 is 0 Å². The third-order valence-electron chi connectivity index (χ3n) is 2.21. The van der Waals surface area contributed by atoms with Gasteiger partial charge in [-0.25, -0.2) is 0 Å². The summed E-state index contributed by atoms with van der Waals surface area (Å²) < 4.78 is 10.0. The van der Waals surface area contributed by atoms with Crippen molar-refractivity contribution >= 4 is 11.9 Å². The van der Waals surface area contributed by atoms with E-state index < -0.39 is 17.8 Å². The molecular formula is C11H21NO5. The van der Waals surface area contributed by atoms with Crippen LogP contribution in [0.15, 0.2) is 0 Å². The first-order chi connectivity index (χ1) is 8.09. The zero-order chi connectivity index (χ0) is 13.1. The number of aliphatic carboxylic acids is 1. The number of carboxylic acid groups (broad SMARTS) is 1. The van der Waals surface area contributed by atoms with Crippen molar-refractivity contribution in [3.63, 3.8) is 0 Å². The normalized spacial score (nSPS) is 12.1. The monoisotopic (exact) mass is 247 g/mol. The fourth-order valence-electron chi connectivity index (χ4n) is 1.05. The van der Waals surface area contributed by atoms with Crippen molar-refractivity contribution in [1.82, 2.24) is 5.32 Å². The van der Waals surface area contributed by atoms with E-state index in [1.54, 1.807) is 7.11 Å². The van der Waals surface area contributed by atoms with E-state index in [0.29, 0.717) is 26.4 Å². The molecule has 0 aromatic carbocycles. The molecule has 2 N–H and O–H groups in total. The molecule has 0 heterocycles. The molecule has 6 heteroatoms. The lowest BCUT2D eigenvalue weighted by molar-refractivity contribution is -0.146. The molecule has 0 saturated heterocycles. The van der Waals surface area contributed by atoms with Gasteiger partial charge in [-0.3, -0.25) is 9.59 Å². The summed E-state index contributed by atoms with van der Waals surface area (Å²) in [6, 6.07) is 0. The maximum Gasteiger partial charge on any atom is 0.315 e. The Bertz CT molecular complexity index is 232. The van der Waals surface area contributed by atoms with Crippen molar-refractivity contribution in [3.05, 3.63) is 0 Å². The molecule has 1 unspecified atom stereocenters. The highest BCUT2D eigenvalue weighted by Gasteiger charge is 2.19. The average molecular weight is 247 g/mol. The zero-order valence-corrected chi connectivity index (χ0v) is 10.4. The summed E-state index contributed by atoms with van der Waals surface area (Å²) in [7, 11) is 1.61. The molecule has 0 aromatic rings. The molecule has 0 saturated carbocycles. The molecule has 0 radical (unpaired) electrons. The van der Waals surface area contributed by atoms with Crippen LogP contribution < -0.4 is 5.32 Å². The van der Waals surface area contributed by atoms with E-state index in [4.69, 9.17) is 14.6 Å². The molecule has 0 aliphatic rings. The van der Waals surface area contributed by atoms with Crippen LogP contribution in [0.4, 0.5) is 0 Å². The fourth-order valence-corrected chi connectivity index (χ4v) is 1.05. The molecule has 0 fully saturated rings. The Morgan fingerprint density at radius 3 is 2.53 bits per heavy atom. The van der Waals surface area contributed by atoms with Crippen LogP contribution in [0, 0.1) is 5.92 Å². The van der Waals surface area contributed by atoms with Crippen molar-refractivity contribution < 1.29 is 24.2 Å². The number of rotatable bonds is 10. The highest BCUT2D eigenvalue weighted by molar-refractivity contribution is 5.96. The number of amides is 1. The first kappa shape index (κ1) is 15.9. The second-order valence-electron chi connectivity index (χ2n) is 3.66. The van der Waals surface area contributed by atoms with Gasteiger partial charge in [0.15, 0.2) is 0 Å². The van der Waals surface area contributed by atoms with E-state index in [-0.39, 0.29) is 0 Å². The number of carbonyl (C=O) groups excluding carboxylic acids is 1. The highest BCUT2D eigenvalue weighted by Crippen LogP contribution is 1.95. The third-order valence-corrected chi connectivity index (χ3v) is 2.21. The number of unbranched alkanes of at least 4 members (excludes halogenated alkanes) is 1. The number of methoxy groups -OCH3 is 1. The Kier molecular flexibility index (Phi) is 9.37. The zero-order valence-electron chi connectivity index (χ0n) is 10.4. The molecule has 17 heavy (non-hydrogen) atoms.